The number of rotatable bonds is 4. The second kappa shape index (κ2) is 9.05. The number of alkyl halides is 3. The van der Waals surface area contributed by atoms with Crippen molar-refractivity contribution in [2.45, 2.75) is 32.6 Å². The van der Waals surface area contributed by atoms with Crippen LogP contribution in [0.5, 0.6) is 0 Å². The van der Waals surface area contributed by atoms with Gasteiger partial charge < -0.3 is 15.2 Å². The lowest BCUT2D eigenvalue weighted by Gasteiger charge is -2.41. The van der Waals surface area contributed by atoms with Crippen LogP contribution < -0.4 is 15.8 Å². The average Bonchev–Trinajstić information content (AvgIpc) is 2.77. The number of carbonyl (C=O) groups is 1. The summed E-state index contributed by atoms with van der Waals surface area (Å²) in [7, 11) is 1.56. The number of hydrogen-bond donors (Lipinski definition) is 2. The third-order valence-electron chi connectivity index (χ3n) is 6.13. The molecule has 4 heterocycles. The highest BCUT2D eigenvalue weighted by molar-refractivity contribution is 5.92. The first kappa shape index (κ1) is 23.7. The van der Waals surface area contributed by atoms with Crippen molar-refractivity contribution in [2.24, 2.45) is 0 Å². The van der Waals surface area contributed by atoms with E-state index in [1.165, 1.54) is 13.1 Å². The second-order valence-corrected chi connectivity index (χ2v) is 8.43. The molecule has 2 N–H and O–H groups in total. The van der Waals surface area contributed by atoms with Crippen LogP contribution in [0.1, 0.15) is 34.2 Å². The fourth-order valence-corrected chi connectivity index (χ4v) is 4.43. The van der Waals surface area contributed by atoms with E-state index in [0.29, 0.717) is 23.4 Å². The van der Waals surface area contributed by atoms with Crippen LogP contribution in [0.4, 0.5) is 18.9 Å². The smallest absolute Gasteiger partial charge is 0.365 e. The number of piperazine rings is 1. The van der Waals surface area contributed by atoms with Gasteiger partial charge in [-0.25, -0.2) is 4.98 Å². The Morgan fingerprint density at radius 1 is 1.24 bits per heavy atom. The number of aromatic nitrogens is 3. The summed E-state index contributed by atoms with van der Waals surface area (Å²) >= 11 is 0. The number of aromatic amines is 1. The maximum absolute atomic E-state index is 13.2. The van der Waals surface area contributed by atoms with Crippen LogP contribution in [0.3, 0.4) is 0 Å². The minimum Gasteiger partial charge on any atom is -0.365 e. The Hall–Kier alpha value is -3.47. The van der Waals surface area contributed by atoms with Gasteiger partial charge in [0.05, 0.1) is 23.1 Å². The number of aryl methyl sites for hydroxylation is 1. The Labute approximate surface area is 193 Å². The molecule has 0 bridgehead atoms. The summed E-state index contributed by atoms with van der Waals surface area (Å²) in [6, 6.07) is 5.38. The highest BCUT2D eigenvalue weighted by Gasteiger charge is 2.36. The van der Waals surface area contributed by atoms with Gasteiger partial charge in [-0.3, -0.25) is 19.5 Å². The standard InChI is InChI=1S/C23H25F3N6O2/c1-13-11-31(6-7-32(13)16-4-5-18(29-9-16)21(33)27-3)12-15-8-19-17(10-28-15)14(2)20(22(34)30-19)23(24,25)26/h4-5,8-10,13H,6-7,11-12H2,1-3H3,(H,27,33)(H,30,34). The SMILES string of the molecule is CNC(=O)c1ccc(N2CCN(Cc3cc4[nH]c(=O)c(C(F)(F)F)c(C)c4cn3)CC2C)cn1. The van der Waals surface area contributed by atoms with Gasteiger partial charge in [0.25, 0.3) is 11.5 Å². The van der Waals surface area contributed by atoms with Crippen LogP contribution >= 0.6 is 0 Å². The zero-order valence-electron chi connectivity index (χ0n) is 19.0. The van der Waals surface area contributed by atoms with Crippen LogP contribution in [-0.2, 0) is 12.7 Å². The third-order valence-corrected chi connectivity index (χ3v) is 6.13. The molecule has 4 rings (SSSR count). The van der Waals surface area contributed by atoms with Crippen LogP contribution in [0.25, 0.3) is 10.9 Å². The first-order valence-corrected chi connectivity index (χ1v) is 10.8. The number of amides is 1. The highest BCUT2D eigenvalue weighted by atomic mass is 19.4. The van der Waals surface area contributed by atoms with E-state index in [1.54, 1.807) is 25.4 Å². The monoisotopic (exact) mass is 474 g/mol. The largest absolute Gasteiger partial charge is 0.421 e. The number of anilines is 1. The van der Waals surface area contributed by atoms with Gasteiger partial charge in [-0.05, 0) is 37.6 Å². The lowest BCUT2D eigenvalue weighted by atomic mass is 10.1. The topological polar surface area (TPSA) is 94.2 Å². The third kappa shape index (κ3) is 4.60. The van der Waals surface area contributed by atoms with Crippen molar-refractivity contribution in [3.8, 4) is 0 Å². The number of H-pyrrole nitrogens is 1. The molecule has 0 spiro atoms. The van der Waals surface area contributed by atoms with E-state index in [2.05, 4.69) is 37.0 Å². The van der Waals surface area contributed by atoms with E-state index in [4.69, 9.17) is 0 Å². The summed E-state index contributed by atoms with van der Waals surface area (Å²) in [4.78, 5) is 39.1. The number of halogens is 3. The zero-order chi connectivity index (χ0) is 24.6. The molecule has 3 aromatic heterocycles. The Morgan fingerprint density at radius 3 is 2.62 bits per heavy atom. The predicted molar refractivity (Wildman–Crippen MR) is 122 cm³/mol. The van der Waals surface area contributed by atoms with Crippen LogP contribution in [-0.4, -0.2) is 58.5 Å². The van der Waals surface area contributed by atoms with E-state index in [1.807, 2.05) is 6.07 Å². The average molecular weight is 474 g/mol. The van der Waals surface area contributed by atoms with Gasteiger partial charge in [0, 0.05) is 50.9 Å². The Balaban J connectivity index is 1.47. The number of nitrogens with one attached hydrogen (secondary N) is 2. The molecule has 34 heavy (non-hydrogen) atoms. The second-order valence-electron chi connectivity index (χ2n) is 8.43. The molecule has 0 radical (unpaired) electrons. The van der Waals surface area contributed by atoms with E-state index in [0.717, 1.165) is 25.3 Å². The molecule has 1 aliphatic heterocycles. The Bertz CT molecular complexity index is 1270. The van der Waals surface area contributed by atoms with Gasteiger partial charge in [-0.1, -0.05) is 0 Å². The van der Waals surface area contributed by atoms with Crippen LogP contribution in [0.2, 0.25) is 0 Å². The molecule has 1 atom stereocenters. The minimum absolute atomic E-state index is 0.122. The van der Waals surface area contributed by atoms with Crippen LogP contribution in [0, 0.1) is 6.92 Å². The highest BCUT2D eigenvalue weighted by Crippen LogP contribution is 2.31. The number of nitrogens with zero attached hydrogens (tertiary/aromatic N) is 4. The molecule has 180 valence electrons. The molecule has 1 unspecified atom stereocenters. The molecule has 0 saturated carbocycles. The van der Waals surface area contributed by atoms with E-state index in [-0.39, 0.29) is 22.9 Å². The molecule has 1 fully saturated rings. The molecular weight excluding hydrogens is 449 g/mol. The van der Waals surface area contributed by atoms with Crippen molar-refractivity contribution >= 4 is 22.5 Å². The first-order chi connectivity index (χ1) is 16.1. The normalized spacial score (nSPS) is 17.2. The van der Waals surface area contributed by atoms with Crippen molar-refractivity contribution in [1.82, 2.24) is 25.2 Å². The molecule has 1 saturated heterocycles. The van der Waals surface area contributed by atoms with E-state index in [9.17, 15) is 22.8 Å². The maximum Gasteiger partial charge on any atom is 0.421 e. The van der Waals surface area contributed by atoms with Gasteiger partial charge >= 0.3 is 6.18 Å². The van der Waals surface area contributed by atoms with E-state index < -0.39 is 17.3 Å². The summed E-state index contributed by atoms with van der Waals surface area (Å²) in [5.74, 6) is -0.238. The molecule has 8 nitrogen and oxygen atoms in total. The van der Waals surface area contributed by atoms with Gasteiger partial charge in [-0.2, -0.15) is 13.2 Å². The predicted octanol–water partition coefficient (Wildman–Crippen LogP) is 2.72. The van der Waals surface area contributed by atoms with Gasteiger partial charge in [0.2, 0.25) is 0 Å². The van der Waals surface area contributed by atoms with Gasteiger partial charge in [0.15, 0.2) is 0 Å². The summed E-state index contributed by atoms with van der Waals surface area (Å²) in [5, 5.41) is 2.83. The summed E-state index contributed by atoms with van der Waals surface area (Å²) < 4.78 is 39.6. The fraction of sp³-hybridized carbons (Fsp3) is 0.391. The molecule has 1 aliphatic rings. The number of fused-ring (bicyclic) bond motifs is 1. The number of hydrogen-bond acceptors (Lipinski definition) is 6. The molecule has 0 aliphatic carbocycles. The van der Waals surface area contributed by atoms with Crippen LogP contribution in [0.15, 0.2) is 35.4 Å². The Morgan fingerprint density at radius 2 is 2.00 bits per heavy atom. The summed E-state index contributed by atoms with van der Waals surface area (Å²) in [5.41, 5.74) is -0.157. The molecular formula is C23H25F3N6O2. The molecule has 11 heteroatoms. The van der Waals surface area contributed by atoms with Crippen molar-refractivity contribution in [3.05, 3.63) is 63.5 Å². The zero-order valence-corrected chi connectivity index (χ0v) is 19.0. The van der Waals surface area contributed by atoms with Crippen molar-refractivity contribution < 1.29 is 18.0 Å². The lowest BCUT2D eigenvalue weighted by molar-refractivity contribution is -0.139. The molecule has 1 amide bonds. The van der Waals surface area contributed by atoms with Crippen molar-refractivity contribution in [2.75, 3.05) is 31.6 Å². The quantitative estimate of drug-likeness (QED) is 0.604. The Kier molecular flexibility index (Phi) is 6.30. The number of carbonyl (C=O) groups excluding carboxylic acids is 1. The number of pyridine rings is 3. The van der Waals surface area contributed by atoms with Gasteiger partial charge in [0.1, 0.15) is 11.3 Å². The maximum atomic E-state index is 13.2. The first-order valence-electron chi connectivity index (χ1n) is 10.8. The lowest BCUT2D eigenvalue weighted by Crippen LogP contribution is -2.51. The summed E-state index contributed by atoms with van der Waals surface area (Å²) in [6.45, 7) is 6.10. The molecule has 0 aromatic carbocycles. The van der Waals surface area contributed by atoms with Crippen molar-refractivity contribution in [3.63, 3.8) is 0 Å². The fourth-order valence-electron chi connectivity index (χ4n) is 4.43. The minimum atomic E-state index is -4.72. The van der Waals surface area contributed by atoms with Gasteiger partial charge in [-0.15, -0.1) is 0 Å². The molecule has 3 aromatic rings. The summed E-state index contributed by atoms with van der Waals surface area (Å²) in [6.07, 6.45) is -1.64. The van der Waals surface area contributed by atoms with Crippen molar-refractivity contribution in [1.29, 1.82) is 0 Å². The van der Waals surface area contributed by atoms with E-state index >= 15 is 0 Å².